The molecule has 4 nitrogen and oxygen atoms in total. The third-order valence-corrected chi connectivity index (χ3v) is 7.41. The third kappa shape index (κ3) is 9.38. The summed E-state index contributed by atoms with van der Waals surface area (Å²) in [5.74, 6) is -0.993. The van der Waals surface area contributed by atoms with E-state index < -0.39 is 8.32 Å². The van der Waals surface area contributed by atoms with Gasteiger partial charge in [-0.15, -0.1) is 0 Å². The number of unbranched alkanes of at least 4 members (excludes halogenated alkanes) is 7. The summed E-state index contributed by atoms with van der Waals surface area (Å²) in [6.07, 6.45) is 15.2. The van der Waals surface area contributed by atoms with Crippen molar-refractivity contribution in [2.45, 2.75) is 83.3 Å². The molecule has 0 aromatic carbocycles. The van der Waals surface area contributed by atoms with Gasteiger partial charge in [0.05, 0.1) is 12.3 Å². The Morgan fingerprint density at radius 2 is 1.67 bits per heavy atom. The molecule has 138 valence electrons. The summed E-state index contributed by atoms with van der Waals surface area (Å²) in [6, 6.07) is 1.27. The smallest absolute Gasteiger partial charge is 0.317 e. The molecule has 1 aliphatic rings. The molecule has 1 unspecified atom stereocenters. The summed E-state index contributed by atoms with van der Waals surface area (Å²) in [4.78, 5) is 22.2. The zero-order chi connectivity index (χ0) is 17.8. The fourth-order valence-electron chi connectivity index (χ4n) is 2.88. The first-order chi connectivity index (χ1) is 11.4. The van der Waals surface area contributed by atoms with Crippen LogP contribution in [0.5, 0.6) is 0 Å². The molecule has 0 aromatic heterocycles. The van der Waals surface area contributed by atoms with Crippen LogP contribution >= 0.6 is 0 Å². The largest absolute Gasteiger partial charge is 0.420 e. The Balaban J connectivity index is 1.88. The summed E-state index contributed by atoms with van der Waals surface area (Å²) >= 11 is 0. The molecule has 1 fully saturated rings. The quantitative estimate of drug-likeness (QED) is 0.154. The first-order valence-electron chi connectivity index (χ1n) is 9.39. The van der Waals surface area contributed by atoms with E-state index in [0.717, 1.165) is 6.42 Å². The molecule has 0 bridgehead atoms. The number of hydrogen-bond acceptors (Lipinski definition) is 4. The lowest BCUT2D eigenvalue weighted by Gasteiger charge is -2.19. The Morgan fingerprint density at radius 3 is 2.25 bits per heavy atom. The van der Waals surface area contributed by atoms with Gasteiger partial charge in [-0.2, -0.15) is 0 Å². The Kier molecular flexibility index (Phi) is 10.2. The molecule has 24 heavy (non-hydrogen) atoms. The zero-order valence-corrected chi connectivity index (χ0v) is 16.6. The first kappa shape index (κ1) is 21.1. The van der Waals surface area contributed by atoms with Crippen molar-refractivity contribution in [2.24, 2.45) is 5.92 Å². The van der Waals surface area contributed by atoms with Crippen LogP contribution in [0.3, 0.4) is 0 Å². The summed E-state index contributed by atoms with van der Waals surface area (Å²) in [5.41, 5.74) is 0. The predicted molar refractivity (Wildman–Crippen MR) is 99.2 cm³/mol. The van der Waals surface area contributed by atoms with Crippen LogP contribution < -0.4 is 0 Å². The third-order valence-electron chi connectivity index (χ3n) is 4.75. The van der Waals surface area contributed by atoms with Crippen molar-refractivity contribution in [3.63, 3.8) is 0 Å². The van der Waals surface area contributed by atoms with Crippen molar-refractivity contribution in [3.05, 3.63) is 12.2 Å². The highest BCUT2D eigenvalue weighted by atomic mass is 28.4. The van der Waals surface area contributed by atoms with Crippen molar-refractivity contribution >= 4 is 20.3 Å². The molecule has 1 rings (SSSR count). The van der Waals surface area contributed by atoms with Gasteiger partial charge in [0, 0.05) is 7.11 Å². The van der Waals surface area contributed by atoms with Gasteiger partial charge in [-0.25, -0.2) is 0 Å². The highest BCUT2D eigenvalue weighted by Gasteiger charge is 2.32. The monoisotopic (exact) mass is 354 g/mol. The van der Waals surface area contributed by atoms with Gasteiger partial charge in [0.1, 0.15) is 0 Å². The Labute approximate surface area is 148 Å². The van der Waals surface area contributed by atoms with Crippen molar-refractivity contribution in [3.8, 4) is 0 Å². The van der Waals surface area contributed by atoms with E-state index in [-0.39, 0.29) is 24.3 Å². The molecule has 0 radical (unpaired) electrons. The lowest BCUT2D eigenvalue weighted by atomic mass is 10.0. The zero-order valence-electron chi connectivity index (χ0n) is 15.6. The number of ether oxygens (including phenoxy) is 1. The van der Waals surface area contributed by atoms with E-state index in [0.29, 0.717) is 6.42 Å². The molecule has 0 aliphatic carbocycles. The normalized spacial score (nSPS) is 18.5. The molecule has 0 aromatic rings. The van der Waals surface area contributed by atoms with E-state index in [1.807, 2.05) is 13.2 Å². The van der Waals surface area contributed by atoms with Gasteiger partial charge in [-0.1, -0.05) is 50.7 Å². The highest BCUT2D eigenvalue weighted by molar-refractivity contribution is 6.71. The topological polar surface area (TPSA) is 52.6 Å². The van der Waals surface area contributed by atoms with Crippen LogP contribution in [0.15, 0.2) is 12.2 Å². The van der Waals surface area contributed by atoms with Gasteiger partial charge in [0.2, 0.25) is 0 Å². The van der Waals surface area contributed by atoms with Gasteiger partial charge in [-0.3, -0.25) is 9.59 Å². The highest BCUT2D eigenvalue weighted by Crippen LogP contribution is 2.20. The predicted octanol–water partition coefficient (Wildman–Crippen LogP) is 4.99. The standard InChI is InChI=1S/C19H34O4Si/c1-22-24(2,3)15-13-11-9-7-5-4-6-8-10-12-14-17-16-18(20)23-19(17)21/h10,12,17H,4-9,11,13-16H2,1-3H3. The summed E-state index contributed by atoms with van der Waals surface area (Å²) in [5, 5.41) is 0. The average Bonchev–Trinajstić information content (AvgIpc) is 2.86. The second-order valence-corrected chi connectivity index (χ2v) is 11.8. The van der Waals surface area contributed by atoms with E-state index >= 15 is 0 Å². The minimum absolute atomic E-state index is 0.243. The van der Waals surface area contributed by atoms with E-state index in [1.165, 1.54) is 51.0 Å². The lowest BCUT2D eigenvalue weighted by Crippen LogP contribution is -2.27. The van der Waals surface area contributed by atoms with E-state index in [4.69, 9.17) is 4.43 Å². The Bertz CT molecular complexity index is 418. The van der Waals surface area contributed by atoms with Crippen molar-refractivity contribution in [1.29, 1.82) is 0 Å². The van der Waals surface area contributed by atoms with E-state index in [1.54, 1.807) is 0 Å². The van der Waals surface area contributed by atoms with Crippen LogP contribution in [0.25, 0.3) is 0 Å². The van der Waals surface area contributed by atoms with Crippen LogP contribution in [-0.4, -0.2) is 27.4 Å². The van der Waals surface area contributed by atoms with E-state index in [9.17, 15) is 9.59 Å². The van der Waals surface area contributed by atoms with Gasteiger partial charge < -0.3 is 9.16 Å². The Hall–Kier alpha value is -0.943. The second-order valence-electron chi connectivity index (χ2n) is 7.38. The first-order valence-corrected chi connectivity index (χ1v) is 12.5. The average molecular weight is 355 g/mol. The van der Waals surface area contributed by atoms with Gasteiger partial charge in [-0.05, 0) is 38.4 Å². The van der Waals surface area contributed by atoms with Crippen LogP contribution in [0, 0.1) is 5.92 Å². The van der Waals surface area contributed by atoms with Gasteiger partial charge in [0.15, 0.2) is 8.32 Å². The number of hydrogen-bond donors (Lipinski definition) is 0. The van der Waals surface area contributed by atoms with Crippen molar-refractivity contribution in [1.82, 2.24) is 0 Å². The minimum atomic E-state index is -1.34. The fraction of sp³-hybridized carbons (Fsp3) is 0.789. The van der Waals surface area contributed by atoms with Gasteiger partial charge >= 0.3 is 11.9 Å². The molecule has 0 amide bonds. The lowest BCUT2D eigenvalue weighted by molar-refractivity contribution is -0.153. The molecule has 1 heterocycles. The number of allylic oxidation sites excluding steroid dienone is 2. The number of carbonyl (C=O) groups excluding carboxylic acids is 2. The summed E-state index contributed by atoms with van der Waals surface area (Å²) < 4.78 is 10.1. The van der Waals surface area contributed by atoms with E-state index in [2.05, 4.69) is 23.9 Å². The van der Waals surface area contributed by atoms with Crippen LogP contribution in [-0.2, 0) is 18.8 Å². The molecule has 1 aliphatic heterocycles. The molecular weight excluding hydrogens is 320 g/mol. The molecule has 5 heteroatoms. The maximum atomic E-state index is 11.3. The van der Waals surface area contributed by atoms with Crippen LogP contribution in [0.4, 0.5) is 0 Å². The minimum Gasteiger partial charge on any atom is -0.420 e. The van der Waals surface area contributed by atoms with Crippen LogP contribution in [0.1, 0.15) is 64.2 Å². The maximum absolute atomic E-state index is 11.3. The number of cyclic esters (lactones) is 2. The molecular formula is C19H34O4Si. The Morgan fingerprint density at radius 1 is 1.04 bits per heavy atom. The maximum Gasteiger partial charge on any atom is 0.317 e. The van der Waals surface area contributed by atoms with Crippen LogP contribution in [0.2, 0.25) is 19.1 Å². The molecule has 0 saturated carbocycles. The summed E-state index contributed by atoms with van der Waals surface area (Å²) in [6.45, 7) is 4.57. The van der Waals surface area contributed by atoms with Crippen molar-refractivity contribution in [2.75, 3.05) is 7.11 Å². The molecule has 1 atom stereocenters. The number of rotatable bonds is 13. The summed E-state index contributed by atoms with van der Waals surface area (Å²) in [7, 11) is 0.502. The number of carbonyl (C=O) groups is 2. The SMILES string of the molecule is CO[Si](C)(C)CCCCCCCCCC=CCC1CC(=O)OC1=O. The second kappa shape index (κ2) is 11.6. The van der Waals surface area contributed by atoms with Gasteiger partial charge in [0.25, 0.3) is 0 Å². The molecule has 1 saturated heterocycles. The van der Waals surface area contributed by atoms with Crippen molar-refractivity contribution < 1.29 is 18.8 Å². The fourth-order valence-corrected chi connectivity index (χ4v) is 4.18. The molecule has 0 N–H and O–H groups in total. The number of esters is 2. The molecule has 0 spiro atoms.